The van der Waals surface area contributed by atoms with Crippen molar-refractivity contribution in [2.75, 3.05) is 3.71 Å². The summed E-state index contributed by atoms with van der Waals surface area (Å²) in [5.41, 5.74) is 1.76. The third-order valence-corrected chi connectivity index (χ3v) is 9.02. The summed E-state index contributed by atoms with van der Waals surface area (Å²) in [6, 6.07) is 15.3. The molecule has 0 radical (unpaired) electrons. The zero-order valence-electron chi connectivity index (χ0n) is 14.2. The third-order valence-electron chi connectivity index (χ3n) is 3.76. The number of aryl methyl sites for hydroxylation is 2. The summed E-state index contributed by atoms with van der Waals surface area (Å²) in [6.07, 6.45) is 0. The van der Waals surface area contributed by atoms with Crippen LogP contribution in [-0.4, -0.2) is 16.8 Å². The SMILES string of the molecule is Cc1ccc(S(=O)(=O)N(c2cccs2)S(=O)(=O)c2ccc(C)cc2)cc1. The van der Waals surface area contributed by atoms with Crippen molar-refractivity contribution >= 4 is 36.4 Å². The Hall–Kier alpha value is -2.16. The molecule has 1 aromatic heterocycles. The Bertz CT molecular complexity index is 1020. The fourth-order valence-electron chi connectivity index (χ4n) is 2.35. The third kappa shape index (κ3) is 3.40. The zero-order valence-corrected chi connectivity index (χ0v) is 16.6. The van der Waals surface area contributed by atoms with Crippen molar-refractivity contribution < 1.29 is 16.8 Å². The predicted molar refractivity (Wildman–Crippen MR) is 104 cm³/mol. The Morgan fingerprint density at radius 2 is 1.12 bits per heavy atom. The second-order valence-electron chi connectivity index (χ2n) is 5.78. The second kappa shape index (κ2) is 6.86. The summed E-state index contributed by atoms with van der Waals surface area (Å²) >= 11 is 1.05. The first-order valence-electron chi connectivity index (χ1n) is 7.70. The number of hydrogen-bond donors (Lipinski definition) is 0. The van der Waals surface area contributed by atoms with Crippen LogP contribution < -0.4 is 3.71 Å². The molecule has 5 nitrogen and oxygen atoms in total. The molecular formula is C18H17NO4S3. The fraction of sp³-hybridized carbons (Fsp3) is 0.111. The van der Waals surface area contributed by atoms with Crippen LogP contribution in [0.3, 0.4) is 0 Å². The molecule has 0 aliphatic rings. The van der Waals surface area contributed by atoms with Crippen molar-refractivity contribution in [2.45, 2.75) is 23.6 Å². The van der Waals surface area contributed by atoms with E-state index in [2.05, 4.69) is 0 Å². The standard InChI is InChI=1S/C18H17NO4S3/c1-14-5-9-16(10-6-14)25(20,21)19(18-4-3-13-24-18)26(22,23)17-11-7-15(2)8-12-17/h3-13H,1-2H3. The van der Waals surface area contributed by atoms with E-state index in [1.54, 1.807) is 35.7 Å². The van der Waals surface area contributed by atoms with E-state index in [1.165, 1.54) is 30.3 Å². The van der Waals surface area contributed by atoms with Gasteiger partial charge in [-0.05, 0) is 55.6 Å². The molecule has 0 atom stereocenters. The molecule has 0 fully saturated rings. The molecule has 0 unspecified atom stereocenters. The summed E-state index contributed by atoms with van der Waals surface area (Å²) in [5, 5.41) is 1.75. The van der Waals surface area contributed by atoms with Crippen LogP contribution in [0, 0.1) is 13.8 Å². The first-order chi connectivity index (χ1) is 12.2. The van der Waals surface area contributed by atoms with Crippen LogP contribution in [0.4, 0.5) is 5.00 Å². The van der Waals surface area contributed by atoms with Crippen molar-refractivity contribution in [2.24, 2.45) is 0 Å². The maximum Gasteiger partial charge on any atom is 0.278 e. The van der Waals surface area contributed by atoms with E-state index in [0.29, 0.717) is 3.71 Å². The summed E-state index contributed by atoms with van der Waals surface area (Å²) < 4.78 is 53.2. The molecule has 0 N–H and O–H groups in total. The molecule has 0 spiro atoms. The van der Waals surface area contributed by atoms with Crippen LogP contribution in [0.25, 0.3) is 0 Å². The van der Waals surface area contributed by atoms with Crippen LogP contribution >= 0.6 is 11.3 Å². The van der Waals surface area contributed by atoms with Crippen molar-refractivity contribution in [1.82, 2.24) is 0 Å². The molecule has 0 saturated heterocycles. The van der Waals surface area contributed by atoms with E-state index >= 15 is 0 Å². The first kappa shape index (κ1) is 18.6. The van der Waals surface area contributed by atoms with Gasteiger partial charge in [0.1, 0.15) is 5.00 Å². The van der Waals surface area contributed by atoms with Crippen molar-refractivity contribution in [3.05, 3.63) is 77.2 Å². The fourth-order valence-corrected chi connectivity index (χ4v) is 7.23. The van der Waals surface area contributed by atoms with Crippen molar-refractivity contribution in [3.63, 3.8) is 0 Å². The highest BCUT2D eigenvalue weighted by atomic mass is 32.3. The molecule has 1 heterocycles. The Kier molecular flexibility index (Phi) is 4.92. The van der Waals surface area contributed by atoms with E-state index < -0.39 is 20.0 Å². The van der Waals surface area contributed by atoms with Gasteiger partial charge in [-0.3, -0.25) is 0 Å². The highest BCUT2D eigenvalue weighted by Crippen LogP contribution is 2.33. The molecule has 2 aromatic carbocycles. The molecule has 26 heavy (non-hydrogen) atoms. The monoisotopic (exact) mass is 407 g/mol. The van der Waals surface area contributed by atoms with Crippen LogP contribution in [-0.2, 0) is 20.0 Å². The molecular weight excluding hydrogens is 390 g/mol. The van der Waals surface area contributed by atoms with Gasteiger partial charge >= 0.3 is 0 Å². The number of anilines is 1. The molecule has 0 amide bonds. The Labute approximate surface area is 157 Å². The van der Waals surface area contributed by atoms with Crippen LogP contribution in [0.1, 0.15) is 11.1 Å². The van der Waals surface area contributed by atoms with Gasteiger partial charge < -0.3 is 0 Å². The average molecular weight is 408 g/mol. The minimum Gasteiger partial charge on any atom is -0.200 e. The molecule has 136 valence electrons. The number of sulfonamides is 2. The highest BCUT2D eigenvalue weighted by molar-refractivity contribution is 8.10. The van der Waals surface area contributed by atoms with Gasteiger partial charge in [-0.25, -0.2) is 0 Å². The van der Waals surface area contributed by atoms with Gasteiger partial charge in [0.25, 0.3) is 20.0 Å². The lowest BCUT2D eigenvalue weighted by atomic mass is 10.2. The predicted octanol–water partition coefficient (Wildman–Crippen LogP) is 3.95. The number of benzene rings is 2. The smallest absolute Gasteiger partial charge is 0.200 e. The van der Waals surface area contributed by atoms with Gasteiger partial charge in [-0.2, -0.15) is 16.8 Å². The quantitative estimate of drug-likeness (QED) is 0.642. The van der Waals surface area contributed by atoms with E-state index in [9.17, 15) is 16.8 Å². The van der Waals surface area contributed by atoms with Crippen LogP contribution in [0.2, 0.25) is 0 Å². The molecule has 3 rings (SSSR count). The van der Waals surface area contributed by atoms with Crippen molar-refractivity contribution in [1.29, 1.82) is 0 Å². The summed E-state index contributed by atoms with van der Waals surface area (Å²) in [5.74, 6) is 0. The summed E-state index contributed by atoms with van der Waals surface area (Å²) in [4.78, 5) is -0.153. The number of thiophene rings is 1. The lowest BCUT2D eigenvalue weighted by Crippen LogP contribution is -2.36. The Balaban J connectivity index is 2.21. The average Bonchev–Trinajstić information content (AvgIpc) is 3.09. The summed E-state index contributed by atoms with van der Waals surface area (Å²) in [7, 11) is -8.60. The van der Waals surface area contributed by atoms with Gasteiger partial charge in [-0.1, -0.05) is 35.4 Å². The highest BCUT2D eigenvalue weighted by Gasteiger charge is 2.37. The number of hydrogen-bond acceptors (Lipinski definition) is 5. The Morgan fingerprint density at radius 1 is 0.692 bits per heavy atom. The minimum atomic E-state index is -4.30. The maximum atomic E-state index is 13.2. The lowest BCUT2D eigenvalue weighted by Gasteiger charge is -2.22. The van der Waals surface area contributed by atoms with Gasteiger partial charge in [0, 0.05) is 0 Å². The maximum absolute atomic E-state index is 13.2. The molecule has 0 aliphatic carbocycles. The molecule has 8 heteroatoms. The van der Waals surface area contributed by atoms with E-state index in [1.807, 2.05) is 13.8 Å². The number of nitrogens with zero attached hydrogens (tertiary/aromatic N) is 1. The van der Waals surface area contributed by atoms with E-state index in [0.717, 1.165) is 22.5 Å². The minimum absolute atomic E-state index is 0.0767. The van der Waals surface area contributed by atoms with E-state index in [4.69, 9.17) is 0 Å². The summed E-state index contributed by atoms with van der Waals surface area (Å²) in [6.45, 7) is 3.66. The largest absolute Gasteiger partial charge is 0.278 e. The second-order valence-corrected chi connectivity index (χ2v) is 10.5. The first-order valence-corrected chi connectivity index (χ1v) is 11.5. The zero-order chi connectivity index (χ0) is 18.9. The van der Waals surface area contributed by atoms with Crippen molar-refractivity contribution in [3.8, 4) is 0 Å². The molecule has 0 bridgehead atoms. The molecule has 0 aliphatic heterocycles. The normalized spacial score (nSPS) is 12.1. The van der Waals surface area contributed by atoms with Crippen LogP contribution in [0.15, 0.2) is 75.8 Å². The van der Waals surface area contributed by atoms with Gasteiger partial charge in [0.05, 0.1) is 9.79 Å². The molecule has 0 saturated carbocycles. The molecule has 3 aromatic rings. The topological polar surface area (TPSA) is 71.5 Å². The van der Waals surface area contributed by atoms with Gasteiger partial charge in [0.2, 0.25) is 0 Å². The van der Waals surface area contributed by atoms with Gasteiger partial charge in [0.15, 0.2) is 0 Å². The lowest BCUT2D eigenvalue weighted by molar-refractivity contribution is 0.584. The van der Waals surface area contributed by atoms with E-state index in [-0.39, 0.29) is 14.8 Å². The van der Waals surface area contributed by atoms with Gasteiger partial charge in [-0.15, -0.1) is 15.0 Å². The Morgan fingerprint density at radius 3 is 1.46 bits per heavy atom. The number of rotatable bonds is 5. The van der Waals surface area contributed by atoms with Crippen LogP contribution in [0.5, 0.6) is 0 Å².